The number of halogens is 1. The second kappa shape index (κ2) is 8.55. The van der Waals surface area contributed by atoms with E-state index < -0.39 is 33.2 Å². The summed E-state index contributed by atoms with van der Waals surface area (Å²) in [6.07, 6.45) is 1.08. The van der Waals surface area contributed by atoms with Crippen molar-refractivity contribution in [1.82, 2.24) is 9.21 Å². The monoisotopic (exact) mass is 489 g/mol. The Balaban J connectivity index is 1.64. The lowest BCUT2D eigenvalue weighted by molar-refractivity contribution is -0.141. The summed E-state index contributed by atoms with van der Waals surface area (Å²) in [5.41, 5.74) is 0.244. The van der Waals surface area contributed by atoms with Crippen molar-refractivity contribution in [2.24, 2.45) is 0 Å². The van der Waals surface area contributed by atoms with Crippen LogP contribution in [0.15, 0.2) is 48.5 Å². The molecule has 1 spiro atoms. The fourth-order valence-electron chi connectivity index (χ4n) is 4.43. The lowest BCUT2D eigenvalue weighted by atomic mass is 9.80. The number of fused-ring (bicyclic) bond motifs is 2. The second-order valence-electron chi connectivity index (χ2n) is 8.41. The van der Waals surface area contributed by atoms with Crippen molar-refractivity contribution in [2.75, 3.05) is 31.3 Å². The smallest absolute Gasteiger partial charge is 0.250 e. The van der Waals surface area contributed by atoms with E-state index in [1.807, 2.05) is 30.3 Å². The predicted molar refractivity (Wildman–Crippen MR) is 124 cm³/mol. The van der Waals surface area contributed by atoms with Crippen molar-refractivity contribution in [3.05, 3.63) is 64.7 Å². The summed E-state index contributed by atoms with van der Waals surface area (Å²) in [7, 11) is -1.93. The van der Waals surface area contributed by atoms with E-state index in [0.29, 0.717) is 16.3 Å². The normalized spacial score (nSPS) is 20.4. The van der Waals surface area contributed by atoms with Crippen LogP contribution >= 0.6 is 11.6 Å². The van der Waals surface area contributed by atoms with Gasteiger partial charge in [0.2, 0.25) is 27.7 Å². The van der Waals surface area contributed by atoms with E-state index in [1.54, 1.807) is 18.2 Å². The number of benzene rings is 2. The summed E-state index contributed by atoms with van der Waals surface area (Å²) in [4.78, 5) is 42.8. The quantitative estimate of drug-likeness (QED) is 0.439. The molecule has 8 nitrogen and oxygen atoms in total. The average molecular weight is 490 g/mol. The highest BCUT2D eigenvalue weighted by Crippen LogP contribution is 2.49. The molecule has 2 aliphatic heterocycles. The van der Waals surface area contributed by atoms with E-state index in [-0.39, 0.29) is 32.5 Å². The van der Waals surface area contributed by atoms with Gasteiger partial charge in [0.25, 0.3) is 0 Å². The van der Waals surface area contributed by atoms with Crippen molar-refractivity contribution >= 4 is 45.0 Å². The molecule has 2 heterocycles. The predicted octanol–water partition coefficient (Wildman–Crippen LogP) is 2.17. The van der Waals surface area contributed by atoms with E-state index in [9.17, 15) is 22.8 Å². The van der Waals surface area contributed by atoms with Crippen molar-refractivity contribution in [3.63, 3.8) is 0 Å². The van der Waals surface area contributed by atoms with Crippen LogP contribution in [-0.4, -0.2) is 61.7 Å². The molecule has 2 aromatic rings. The molecule has 1 fully saturated rings. The first-order valence-corrected chi connectivity index (χ1v) is 12.7. The molecule has 1 atom stereocenters. The second-order valence-corrected chi connectivity index (χ2v) is 10.9. The van der Waals surface area contributed by atoms with Gasteiger partial charge >= 0.3 is 0 Å². The molecule has 0 N–H and O–H groups in total. The molecule has 2 aromatic carbocycles. The van der Waals surface area contributed by atoms with Gasteiger partial charge in [0.1, 0.15) is 0 Å². The number of imide groups is 1. The zero-order chi connectivity index (χ0) is 24.0. The van der Waals surface area contributed by atoms with Crippen LogP contribution in [-0.2, 0) is 36.4 Å². The molecule has 2 aliphatic rings. The lowest BCUT2D eigenvalue weighted by Gasteiger charge is -2.23. The zero-order valence-electron chi connectivity index (χ0n) is 18.3. The van der Waals surface area contributed by atoms with Gasteiger partial charge in [0.15, 0.2) is 5.41 Å². The number of anilines is 1. The van der Waals surface area contributed by atoms with Gasteiger partial charge < -0.3 is 4.90 Å². The molecule has 0 saturated carbocycles. The van der Waals surface area contributed by atoms with Crippen LogP contribution in [0.2, 0.25) is 5.02 Å². The van der Waals surface area contributed by atoms with Crippen molar-refractivity contribution < 1.29 is 22.8 Å². The first-order chi connectivity index (χ1) is 15.6. The number of hydrogen-bond acceptors (Lipinski definition) is 5. The number of likely N-dealkylation sites (tertiary alicyclic amines) is 1. The van der Waals surface area contributed by atoms with Crippen molar-refractivity contribution in [2.45, 2.75) is 24.8 Å². The molecule has 33 heavy (non-hydrogen) atoms. The van der Waals surface area contributed by atoms with Crippen LogP contribution in [0, 0.1) is 0 Å². The van der Waals surface area contributed by atoms with Crippen LogP contribution in [0.25, 0.3) is 0 Å². The van der Waals surface area contributed by atoms with Gasteiger partial charge in [-0.3, -0.25) is 19.3 Å². The maximum Gasteiger partial charge on any atom is 0.250 e. The number of carbonyl (C=O) groups excluding carboxylic acids is 3. The Kier molecular flexibility index (Phi) is 6.07. The highest BCUT2D eigenvalue weighted by atomic mass is 35.5. The highest BCUT2D eigenvalue weighted by Gasteiger charge is 2.63. The molecule has 1 unspecified atom stereocenters. The van der Waals surface area contributed by atoms with Gasteiger partial charge in [-0.2, -0.15) is 0 Å². The first kappa shape index (κ1) is 23.4. The summed E-state index contributed by atoms with van der Waals surface area (Å²) < 4.78 is 24.4. The molecule has 174 valence electrons. The molecule has 10 heteroatoms. The first-order valence-electron chi connectivity index (χ1n) is 10.5. The molecule has 0 aliphatic carbocycles. The SMILES string of the molecule is CN(CCCN1C(=O)CC2(C1=O)C(=O)N(Cc1ccccc1)c1ccc(Cl)cc12)S(C)(=O)=O. The van der Waals surface area contributed by atoms with E-state index >= 15 is 0 Å². The molecule has 3 amide bonds. The van der Waals surface area contributed by atoms with Crippen LogP contribution in [0.5, 0.6) is 0 Å². The van der Waals surface area contributed by atoms with Gasteiger partial charge in [-0.05, 0) is 30.2 Å². The molecule has 0 radical (unpaired) electrons. The van der Waals surface area contributed by atoms with E-state index in [4.69, 9.17) is 11.6 Å². The van der Waals surface area contributed by atoms with Crippen LogP contribution in [0.4, 0.5) is 5.69 Å². The Morgan fingerprint density at radius 2 is 1.70 bits per heavy atom. The van der Waals surface area contributed by atoms with E-state index in [2.05, 4.69) is 0 Å². The van der Waals surface area contributed by atoms with Gasteiger partial charge in [-0.25, -0.2) is 12.7 Å². The molecule has 1 saturated heterocycles. The fourth-order valence-corrected chi connectivity index (χ4v) is 5.06. The van der Waals surface area contributed by atoms with Crippen LogP contribution in [0.1, 0.15) is 24.0 Å². The third-order valence-electron chi connectivity index (χ3n) is 6.25. The maximum atomic E-state index is 13.7. The minimum Gasteiger partial charge on any atom is -0.306 e. The standard InChI is InChI=1S/C23H24ClN3O5S/c1-25(33(2,31)32)11-6-12-26-20(28)14-23(21(26)29)18-13-17(24)9-10-19(18)27(22(23)30)15-16-7-4-3-5-8-16/h3-5,7-10,13H,6,11-12,14-15H2,1-2H3. The van der Waals surface area contributed by atoms with Crippen LogP contribution in [0.3, 0.4) is 0 Å². The lowest BCUT2D eigenvalue weighted by Crippen LogP contribution is -2.46. The third kappa shape index (κ3) is 4.05. The van der Waals surface area contributed by atoms with Gasteiger partial charge in [-0.15, -0.1) is 0 Å². The summed E-state index contributed by atoms with van der Waals surface area (Å²) >= 11 is 6.22. The summed E-state index contributed by atoms with van der Waals surface area (Å²) in [5.74, 6) is -1.49. The van der Waals surface area contributed by atoms with Gasteiger partial charge in [-0.1, -0.05) is 41.9 Å². The van der Waals surface area contributed by atoms with Crippen molar-refractivity contribution in [1.29, 1.82) is 0 Å². The van der Waals surface area contributed by atoms with E-state index in [0.717, 1.165) is 21.0 Å². The topological polar surface area (TPSA) is 95.1 Å². The molecule has 0 aromatic heterocycles. The minimum atomic E-state index is -3.37. The zero-order valence-corrected chi connectivity index (χ0v) is 19.9. The Bertz CT molecular complexity index is 1230. The fraction of sp³-hybridized carbons (Fsp3) is 0.348. The number of hydrogen-bond donors (Lipinski definition) is 0. The number of sulfonamides is 1. The average Bonchev–Trinajstić information content (AvgIpc) is 3.14. The van der Waals surface area contributed by atoms with Gasteiger partial charge in [0, 0.05) is 36.4 Å². The largest absolute Gasteiger partial charge is 0.306 e. The number of nitrogens with zero attached hydrogens (tertiary/aromatic N) is 3. The number of rotatable bonds is 7. The van der Waals surface area contributed by atoms with Crippen LogP contribution < -0.4 is 4.90 Å². The highest BCUT2D eigenvalue weighted by molar-refractivity contribution is 7.88. The molecule has 0 bridgehead atoms. The maximum absolute atomic E-state index is 13.7. The minimum absolute atomic E-state index is 0.0289. The Hall–Kier alpha value is -2.75. The van der Waals surface area contributed by atoms with Crippen molar-refractivity contribution in [3.8, 4) is 0 Å². The summed E-state index contributed by atoms with van der Waals surface area (Å²) in [6, 6.07) is 14.3. The molecular formula is C23H24ClN3O5S. The third-order valence-corrected chi connectivity index (χ3v) is 7.80. The number of amides is 3. The summed E-state index contributed by atoms with van der Waals surface area (Å²) in [5, 5.41) is 0.371. The molecule has 4 rings (SSSR count). The van der Waals surface area contributed by atoms with E-state index in [1.165, 1.54) is 11.9 Å². The Morgan fingerprint density at radius 3 is 2.36 bits per heavy atom. The molecular weight excluding hydrogens is 466 g/mol. The Labute approximate surface area is 197 Å². The van der Waals surface area contributed by atoms with Gasteiger partial charge in [0.05, 0.1) is 19.2 Å². The Morgan fingerprint density at radius 1 is 1.03 bits per heavy atom. The number of carbonyl (C=O) groups is 3. The summed E-state index contributed by atoms with van der Waals surface area (Å²) in [6.45, 7) is 0.442.